The number of methoxy groups -OCH3 is 1. The predicted octanol–water partition coefficient (Wildman–Crippen LogP) is 2.70. The first-order valence-corrected chi connectivity index (χ1v) is 6.23. The van der Waals surface area contributed by atoms with Gasteiger partial charge in [-0.2, -0.15) is 5.10 Å². The molecule has 1 atom stereocenters. The van der Waals surface area contributed by atoms with E-state index in [1.165, 1.54) is 0 Å². The first kappa shape index (κ1) is 11.5. The lowest BCUT2D eigenvalue weighted by Gasteiger charge is -2.11. The van der Waals surface area contributed by atoms with Gasteiger partial charge in [0.25, 0.3) is 0 Å². The van der Waals surface area contributed by atoms with Gasteiger partial charge in [-0.1, -0.05) is 6.07 Å². The minimum absolute atomic E-state index is 0.114. The van der Waals surface area contributed by atoms with E-state index in [0.717, 1.165) is 10.7 Å². The maximum Gasteiger partial charge on any atom is 0.195 e. The van der Waals surface area contributed by atoms with Gasteiger partial charge in [0.2, 0.25) is 0 Å². The van der Waals surface area contributed by atoms with Crippen molar-refractivity contribution in [1.29, 1.82) is 0 Å². The number of hydrogen-bond donors (Lipinski definition) is 1. The molecule has 2 heterocycles. The number of thiophene rings is 1. The van der Waals surface area contributed by atoms with Crippen molar-refractivity contribution in [2.75, 3.05) is 7.11 Å². The van der Waals surface area contributed by atoms with Crippen LogP contribution in [0.1, 0.15) is 6.92 Å². The number of nitrogens with one attached hydrogen (secondary N) is 1. The second kappa shape index (κ2) is 4.90. The van der Waals surface area contributed by atoms with E-state index in [-0.39, 0.29) is 6.10 Å². The zero-order valence-electron chi connectivity index (χ0n) is 9.14. The Morgan fingerprint density at radius 1 is 1.69 bits per heavy atom. The molecule has 4 nitrogen and oxygen atoms in total. The smallest absolute Gasteiger partial charge is 0.195 e. The fourth-order valence-corrected chi connectivity index (χ4v) is 2.34. The fraction of sp³-hybridized carbons (Fsp3) is 0.400. The number of hydrogen-bond acceptors (Lipinski definition) is 4. The minimum atomic E-state index is 0.114. The van der Waals surface area contributed by atoms with Crippen LogP contribution in [0.15, 0.2) is 17.5 Å². The van der Waals surface area contributed by atoms with Crippen molar-refractivity contribution in [2.24, 2.45) is 0 Å². The molecule has 6 heteroatoms. The van der Waals surface area contributed by atoms with Gasteiger partial charge < -0.3 is 4.74 Å². The molecule has 86 valence electrons. The van der Waals surface area contributed by atoms with Gasteiger partial charge in [-0.15, -0.1) is 11.3 Å². The van der Waals surface area contributed by atoms with Crippen LogP contribution in [-0.4, -0.2) is 28.0 Å². The van der Waals surface area contributed by atoms with Crippen LogP contribution in [0.25, 0.3) is 10.7 Å². The number of aromatic amines is 1. The zero-order chi connectivity index (χ0) is 11.5. The fourth-order valence-electron chi connectivity index (χ4n) is 1.41. The summed E-state index contributed by atoms with van der Waals surface area (Å²) in [5, 5.41) is 9.09. The first-order valence-electron chi connectivity index (χ1n) is 4.94. The molecule has 0 aliphatic rings. The van der Waals surface area contributed by atoms with Gasteiger partial charge in [0, 0.05) is 7.11 Å². The number of aromatic nitrogens is 3. The quantitative estimate of drug-likeness (QED) is 0.854. The van der Waals surface area contributed by atoms with Crippen molar-refractivity contribution in [1.82, 2.24) is 14.8 Å². The van der Waals surface area contributed by atoms with E-state index in [2.05, 4.69) is 10.2 Å². The van der Waals surface area contributed by atoms with E-state index in [9.17, 15) is 0 Å². The van der Waals surface area contributed by atoms with Crippen LogP contribution in [-0.2, 0) is 11.3 Å². The zero-order valence-corrected chi connectivity index (χ0v) is 10.8. The predicted molar refractivity (Wildman–Crippen MR) is 67.2 cm³/mol. The van der Waals surface area contributed by atoms with Crippen molar-refractivity contribution in [3.8, 4) is 10.7 Å². The van der Waals surface area contributed by atoms with Crippen molar-refractivity contribution in [3.63, 3.8) is 0 Å². The Hall–Kier alpha value is -0.980. The van der Waals surface area contributed by atoms with Gasteiger partial charge in [-0.05, 0) is 30.6 Å². The van der Waals surface area contributed by atoms with Crippen LogP contribution in [0.3, 0.4) is 0 Å². The number of H-pyrrole nitrogens is 1. The van der Waals surface area contributed by atoms with E-state index >= 15 is 0 Å². The Labute approximate surface area is 103 Å². The Kier molecular flexibility index (Phi) is 3.52. The van der Waals surface area contributed by atoms with Gasteiger partial charge in [-0.3, -0.25) is 9.67 Å². The lowest BCUT2D eigenvalue weighted by atomic mass is 10.4. The molecule has 0 aliphatic carbocycles. The molecule has 2 aromatic rings. The molecule has 0 aromatic carbocycles. The highest BCUT2D eigenvalue weighted by molar-refractivity contribution is 7.71. The maximum atomic E-state index is 5.25. The summed E-state index contributed by atoms with van der Waals surface area (Å²) in [4.78, 5) is 1.11. The van der Waals surface area contributed by atoms with Crippen molar-refractivity contribution < 1.29 is 4.74 Å². The van der Waals surface area contributed by atoms with Crippen molar-refractivity contribution in [3.05, 3.63) is 22.3 Å². The van der Waals surface area contributed by atoms with Gasteiger partial charge in [0.1, 0.15) is 0 Å². The molecule has 0 radical (unpaired) electrons. The molecular formula is C10H13N3OS2. The highest BCUT2D eigenvalue weighted by atomic mass is 32.1. The standard InChI is InChI=1S/C10H13N3OS2/c1-7(14-2)6-13-9(11-12-10(13)15)8-4-3-5-16-8/h3-5,7H,6H2,1-2H3,(H,12,15). The molecule has 1 unspecified atom stereocenters. The third kappa shape index (κ3) is 2.23. The Bertz CT molecular complexity index is 500. The molecule has 0 spiro atoms. The van der Waals surface area contributed by atoms with E-state index in [1.807, 2.05) is 29.0 Å². The molecule has 0 saturated heterocycles. The van der Waals surface area contributed by atoms with Crippen molar-refractivity contribution >= 4 is 23.6 Å². The number of nitrogens with zero attached hydrogens (tertiary/aromatic N) is 2. The molecule has 1 N–H and O–H groups in total. The number of ether oxygens (including phenoxy) is 1. The second-order valence-electron chi connectivity index (χ2n) is 3.49. The monoisotopic (exact) mass is 255 g/mol. The summed E-state index contributed by atoms with van der Waals surface area (Å²) in [6.07, 6.45) is 0.114. The lowest BCUT2D eigenvalue weighted by Crippen LogP contribution is -2.15. The molecule has 2 aromatic heterocycles. The van der Waals surface area contributed by atoms with Gasteiger partial charge in [0.15, 0.2) is 10.6 Å². The molecule has 0 fully saturated rings. The summed E-state index contributed by atoms with van der Waals surface area (Å²) in [5.74, 6) is 0.879. The van der Waals surface area contributed by atoms with Gasteiger partial charge >= 0.3 is 0 Å². The molecule has 0 saturated carbocycles. The second-order valence-corrected chi connectivity index (χ2v) is 4.82. The Morgan fingerprint density at radius 2 is 2.50 bits per heavy atom. The van der Waals surface area contributed by atoms with E-state index in [1.54, 1.807) is 18.4 Å². The summed E-state index contributed by atoms with van der Waals surface area (Å²) in [6.45, 7) is 2.71. The highest BCUT2D eigenvalue weighted by Gasteiger charge is 2.11. The largest absolute Gasteiger partial charge is 0.380 e. The highest BCUT2D eigenvalue weighted by Crippen LogP contribution is 2.22. The Balaban J connectivity index is 2.37. The lowest BCUT2D eigenvalue weighted by molar-refractivity contribution is 0.103. The summed E-state index contributed by atoms with van der Waals surface area (Å²) < 4.78 is 7.84. The average molecular weight is 255 g/mol. The maximum absolute atomic E-state index is 5.25. The molecule has 16 heavy (non-hydrogen) atoms. The molecular weight excluding hydrogens is 242 g/mol. The van der Waals surface area contributed by atoms with E-state index < -0.39 is 0 Å². The molecule has 2 rings (SSSR count). The SMILES string of the molecule is COC(C)Cn1c(-c2cccs2)n[nH]c1=S. The third-order valence-electron chi connectivity index (χ3n) is 2.34. The third-order valence-corrected chi connectivity index (χ3v) is 3.52. The summed E-state index contributed by atoms with van der Waals surface area (Å²) >= 11 is 6.85. The summed E-state index contributed by atoms with van der Waals surface area (Å²) in [7, 11) is 1.69. The molecule has 0 bridgehead atoms. The summed E-state index contributed by atoms with van der Waals surface area (Å²) in [6, 6.07) is 4.03. The van der Waals surface area contributed by atoms with Crippen LogP contribution < -0.4 is 0 Å². The number of rotatable bonds is 4. The van der Waals surface area contributed by atoms with Gasteiger partial charge in [0.05, 0.1) is 17.5 Å². The normalized spacial score (nSPS) is 12.9. The molecule has 0 amide bonds. The van der Waals surface area contributed by atoms with Crippen molar-refractivity contribution in [2.45, 2.75) is 19.6 Å². The topological polar surface area (TPSA) is 42.8 Å². The minimum Gasteiger partial charge on any atom is -0.380 e. The van der Waals surface area contributed by atoms with Crippen LogP contribution in [0.4, 0.5) is 0 Å². The van der Waals surface area contributed by atoms with Gasteiger partial charge in [-0.25, -0.2) is 0 Å². The van der Waals surface area contributed by atoms with E-state index in [4.69, 9.17) is 17.0 Å². The van der Waals surface area contributed by atoms with Crippen LogP contribution >= 0.6 is 23.6 Å². The van der Waals surface area contributed by atoms with E-state index in [0.29, 0.717) is 11.3 Å². The van der Waals surface area contributed by atoms with Crippen LogP contribution in [0.5, 0.6) is 0 Å². The summed E-state index contributed by atoms with van der Waals surface area (Å²) in [5.41, 5.74) is 0. The molecule has 0 aliphatic heterocycles. The Morgan fingerprint density at radius 3 is 3.12 bits per heavy atom. The van der Waals surface area contributed by atoms with Crippen LogP contribution in [0.2, 0.25) is 0 Å². The average Bonchev–Trinajstić information content (AvgIpc) is 2.89. The first-order chi connectivity index (χ1) is 7.72. The van der Waals surface area contributed by atoms with Crippen LogP contribution in [0, 0.1) is 4.77 Å².